The molecule has 5 N–H and O–H groups in total. The van der Waals surface area contributed by atoms with Crippen LogP contribution in [-0.2, 0) is 26.2 Å². The summed E-state index contributed by atoms with van der Waals surface area (Å²) in [7, 11) is -3.82. The number of azo groups is 1. The zero-order valence-electron chi connectivity index (χ0n) is 19.1. The molecule has 0 unspecified atom stereocenters. The summed E-state index contributed by atoms with van der Waals surface area (Å²) in [6.07, 6.45) is 0. The number of hydrogen-bond donors (Lipinski definition) is 4. The van der Waals surface area contributed by atoms with Gasteiger partial charge in [0, 0.05) is 21.2 Å². The Bertz CT molecular complexity index is 1600. The molecule has 0 atom stereocenters. The zero-order chi connectivity index (χ0) is 26.6. The average Bonchev–Trinajstić information content (AvgIpc) is 3.13. The highest BCUT2D eigenvalue weighted by molar-refractivity contribution is 9.10. The molecule has 1 aromatic heterocycles. The lowest BCUT2D eigenvalue weighted by Crippen LogP contribution is -2.18. The molecule has 190 valence electrons. The van der Waals surface area contributed by atoms with Gasteiger partial charge >= 0.3 is 0 Å². The van der Waals surface area contributed by atoms with Crippen LogP contribution < -0.4 is 15.8 Å². The van der Waals surface area contributed by atoms with E-state index >= 15 is 0 Å². The Morgan fingerprint density at radius 2 is 1.62 bits per heavy atom. The minimum Gasteiger partial charge on any atom is -0.493 e. The molecule has 11 nitrogen and oxygen atoms in total. The number of amides is 2. The van der Waals surface area contributed by atoms with Gasteiger partial charge in [0.2, 0.25) is 21.8 Å². The predicted octanol–water partition coefficient (Wildman–Crippen LogP) is 4.12. The normalized spacial score (nSPS) is 11.6. The second-order valence-corrected chi connectivity index (χ2v) is 10.3. The topological polar surface area (TPSA) is 168 Å². The van der Waals surface area contributed by atoms with Crippen molar-refractivity contribution in [3.63, 3.8) is 0 Å². The van der Waals surface area contributed by atoms with Crippen LogP contribution in [0, 0.1) is 0 Å². The molecule has 0 radical (unpaired) electrons. The fourth-order valence-electron chi connectivity index (χ4n) is 3.49. The van der Waals surface area contributed by atoms with E-state index in [0.717, 1.165) is 4.47 Å². The largest absolute Gasteiger partial charge is 0.493 e. The minimum atomic E-state index is -3.82. The number of nitrogens with zero attached hydrogens (tertiary/aromatic N) is 3. The van der Waals surface area contributed by atoms with E-state index in [-0.39, 0.29) is 35.5 Å². The third kappa shape index (κ3) is 6.39. The molecular weight excluding hydrogens is 564 g/mol. The molecule has 13 heteroatoms. The van der Waals surface area contributed by atoms with Crippen LogP contribution in [0.5, 0.6) is 5.88 Å². The van der Waals surface area contributed by atoms with Gasteiger partial charge in [-0.05, 0) is 54.6 Å². The highest BCUT2D eigenvalue weighted by atomic mass is 79.9. The molecule has 1 heterocycles. The molecule has 0 aliphatic rings. The zero-order valence-corrected chi connectivity index (χ0v) is 21.5. The molecule has 0 aliphatic carbocycles. The fraction of sp³-hybridized carbons (Fsp3) is 0.0833. The number of benzene rings is 3. The Morgan fingerprint density at radius 1 is 0.973 bits per heavy atom. The lowest BCUT2D eigenvalue weighted by atomic mass is 10.2. The predicted molar refractivity (Wildman–Crippen MR) is 142 cm³/mol. The van der Waals surface area contributed by atoms with Gasteiger partial charge in [-0.25, -0.2) is 13.6 Å². The van der Waals surface area contributed by atoms with E-state index in [1.165, 1.54) is 28.8 Å². The first-order chi connectivity index (χ1) is 17.6. The summed E-state index contributed by atoms with van der Waals surface area (Å²) in [5.41, 5.74) is 1.67. The van der Waals surface area contributed by atoms with Crippen molar-refractivity contribution in [2.45, 2.75) is 11.4 Å². The van der Waals surface area contributed by atoms with Crippen LogP contribution in [0.4, 0.5) is 17.1 Å². The molecule has 0 bridgehead atoms. The maximum atomic E-state index is 12.6. The van der Waals surface area contributed by atoms with Gasteiger partial charge in [0.15, 0.2) is 5.69 Å². The van der Waals surface area contributed by atoms with E-state index in [9.17, 15) is 23.1 Å². The van der Waals surface area contributed by atoms with Crippen LogP contribution in [0.3, 0.4) is 0 Å². The smallest absolute Gasteiger partial charge is 0.283 e. The third-order valence-corrected chi connectivity index (χ3v) is 6.69. The summed E-state index contributed by atoms with van der Waals surface area (Å²) in [5, 5.41) is 29.6. The molecule has 0 saturated heterocycles. The van der Waals surface area contributed by atoms with Gasteiger partial charge in [0.1, 0.15) is 6.54 Å². The number of nitrogens with two attached hydrogens (primary N) is 1. The Morgan fingerprint density at radius 3 is 2.30 bits per heavy atom. The highest BCUT2D eigenvalue weighted by Gasteiger charge is 2.19. The molecule has 37 heavy (non-hydrogen) atoms. The SMILES string of the molecule is NS(=O)(=O)c1ccc(NCC(=O)N=Nc2c(O)n(CC(=O)Nc3ccc(Br)cc3)c3ccccc23)cc1. The summed E-state index contributed by atoms with van der Waals surface area (Å²) in [5.74, 6) is -1.31. The first-order valence-corrected chi connectivity index (χ1v) is 13.1. The van der Waals surface area contributed by atoms with Crippen molar-refractivity contribution in [1.29, 1.82) is 0 Å². The van der Waals surface area contributed by atoms with Gasteiger partial charge in [-0.15, -0.1) is 10.2 Å². The standard InChI is InChI=1S/C24H21BrN6O5S/c25-15-5-7-17(8-6-15)28-22(33)14-31-20-4-2-1-3-19(20)23(24(31)34)30-29-21(32)13-27-16-9-11-18(12-10-16)37(26,35)36/h1-12,27,34H,13-14H2,(H,28,33)(H2,26,35,36). The number of sulfonamides is 1. The fourth-order valence-corrected chi connectivity index (χ4v) is 4.27. The van der Waals surface area contributed by atoms with Gasteiger partial charge in [-0.3, -0.25) is 9.59 Å². The summed E-state index contributed by atoms with van der Waals surface area (Å²) in [6, 6.07) is 19.5. The number of para-hydroxylation sites is 1. The van der Waals surface area contributed by atoms with Gasteiger partial charge in [0.05, 0.1) is 17.0 Å². The quantitative estimate of drug-likeness (QED) is 0.227. The highest BCUT2D eigenvalue weighted by Crippen LogP contribution is 2.38. The molecule has 0 saturated carbocycles. The van der Waals surface area contributed by atoms with Crippen molar-refractivity contribution < 1.29 is 23.1 Å². The number of fused-ring (bicyclic) bond motifs is 1. The van der Waals surface area contributed by atoms with Crippen molar-refractivity contribution >= 4 is 65.7 Å². The van der Waals surface area contributed by atoms with Gasteiger partial charge in [-0.2, -0.15) is 0 Å². The van der Waals surface area contributed by atoms with Crippen molar-refractivity contribution in [2.75, 3.05) is 17.2 Å². The van der Waals surface area contributed by atoms with Crippen LogP contribution in [0.2, 0.25) is 0 Å². The maximum Gasteiger partial charge on any atom is 0.283 e. The van der Waals surface area contributed by atoms with E-state index in [1.54, 1.807) is 48.5 Å². The number of rotatable bonds is 8. The summed E-state index contributed by atoms with van der Waals surface area (Å²) < 4.78 is 24.9. The lowest BCUT2D eigenvalue weighted by Gasteiger charge is -2.08. The van der Waals surface area contributed by atoms with E-state index in [1.807, 2.05) is 0 Å². The van der Waals surface area contributed by atoms with Crippen LogP contribution in [0.15, 0.2) is 92.4 Å². The van der Waals surface area contributed by atoms with Crippen LogP contribution >= 0.6 is 15.9 Å². The summed E-state index contributed by atoms with van der Waals surface area (Å²) in [4.78, 5) is 24.8. The Hall–Kier alpha value is -4.07. The molecule has 2 amide bonds. The second-order valence-electron chi connectivity index (χ2n) is 7.85. The van der Waals surface area contributed by atoms with E-state index in [2.05, 4.69) is 36.8 Å². The number of aromatic nitrogens is 1. The Balaban J connectivity index is 1.47. The number of primary sulfonamides is 1. The minimum absolute atomic E-state index is 0.0536. The van der Waals surface area contributed by atoms with Gasteiger partial charge < -0.3 is 20.3 Å². The first-order valence-electron chi connectivity index (χ1n) is 10.8. The van der Waals surface area contributed by atoms with Crippen LogP contribution in [0.25, 0.3) is 10.9 Å². The molecule has 0 aliphatic heterocycles. The van der Waals surface area contributed by atoms with Crippen molar-refractivity contribution in [3.05, 3.63) is 77.3 Å². The van der Waals surface area contributed by atoms with E-state index in [0.29, 0.717) is 22.3 Å². The molecule has 4 rings (SSSR count). The van der Waals surface area contributed by atoms with E-state index < -0.39 is 15.9 Å². The van der Waals surface area contributed by atoms with Gasteiger partial charge in [-0.1, -0.05) is 34.1 Å². The number of anilines is 2. The van der Waals surface area contributed by atoms with Gasteiger partial charge in [0.25, 0.3) is 5.91 Å². The third-order valence-electron chi connectivity index (χ3n) is 5.24. The maximum absolute atomic E-state index is 12.6. The van der Waals surface area contributed by atoms with Crippen LogP contribution in [-0.4, -0.2) is 36.5 Å². The Labute approximate surface area is 220 Å². The van der Waals surface area contributed by atoms with Crippen molar-refractivity contribution in [2.24, 2.45) is 15.4 Å². The molecule has 0 spiro atoms. The number of aromatic hydroxyl groups is 1. The number of carbonyl (C=O) groups excluding carboxylic acids is 2. The van der Waals surface area contributed by atoms with Crippen molar-refractivity contribution in [1.82, 2.24) is 4.57 Å². The second kappa shape index (κ2) is 10.9. The number of hydrogen-bond acceptors (Lipinski definition) is 7. The van der Waals surface area contributed by atoms with E-state index in [4.69, 9.17) is 5.14 Å². The number of carbonyl (C=O) groups is 2. The lowest BCUT2D eigenvalue weighted by molar-refractivity contribution is -0.117. The Kier molecular flexibility index (Phi) is 7.66. The number of nitrogens with one attached hydrogen (secondary N) is 2. The van der Waals surface area contributed by atoms with Crippen molar-refractivity contribution in [3.8, 4) is 5.88 Å². The first kappa shape index (κ1) is 26.0. The number of halogens is 1. The molecule has 3 aromatic carbocycles. The van der Waals surface area contributed by atoms with Crippen LogP contribution in [0.1, 0.15) is 0 Å². The molecule has 0 fully saturated rings. The average molecular weight is 585 g/mol. The molecular formula is C24H21BrN6O5S. The summed E-state index contributed by atoms with van der Waals surface area (Å²) >= 11 is 3.34. The monoisotopic (exact) mass is 584 g/mol. The summed E-state index contributed by atoms with van der Waals surface area (Å²) in [6.45, 7) is -0.421. The molecule has 4 aromatic rings.